The molecule has 0 saturated heterocycles. The van der Waals surface area contributed by atoms with Crippen molar-refractivity contribution in [1.82, 2.24) is 4.98 Å². The first-order valence-corrected chi connectivity index (χ1v) is 8.72. The Morgan fingerprint density at radius 2 is 1.29 bits per heavy atom. The van der Waals surface area contributed by atoms with Gasteiger partial charge in [-0.15, -0.1) is 0 Å². The number of thioether (sulfide) groups is 1. The number of nitrogens with zero attached hydrogens (tertiary/aromatic N) is 2. The highest BCUT2D eigenvalue weighted by atomic mass is 32.2. The molecule has 2 nitrogen and oxygen atoms in total. The van der Waals surface area contributed by atoms with Crippen molar-refractivity contribution in [3.8, 4) is 0 Å². The lowest BCUT2D eigenvalue weighted by Crippen LogP contribution is -2.26. The zero-order chi connectivity index (χ0) is 16.2. The second-order valence-corrected chi connectivity index (χ2v) is 6.47. The van der Waals surface area contributed by atoms with Gasteiger partial charge in [-0.25, -0.2) is 0 Å². The minimum atomic E-state index is -0.494. The van der Waals surface area contributed by atoms with Gasteiger partial charge in [0, 0.05) is 18.0 Å². The average molecular weight is 328 g/mol. The van der Waals surface area contributed by atoms with Crippen molar-refractivity contribution in [3.05, 3.63) is 113 Å². The second-order valence-electron chi connectivity index (χ2n) is 5.57. The number of aromatic nitrogens is 1. The zero-order valence-electron chi connectivity index (χ0n) is 13.0. The van der Waals surface area contributed by atoms with Gasteiger partial charge in [-0.1, -0.05) is 72.4 Å². The number of hydrogen-bond acceptors (Lipinski definition) is 3. The Labute approximate surface area is 146 Å². The van der Waals surface area contributed by atoms with Crippen LogP contribution in [0, 0.1) is 0 Å². The van der Waals surface area contributed by atoms with E-state index in [-0.39, 0.29) is 0 Å². The molecule has 1 aromatic heterocycles. The third kappa shape index (κ3) is 2.68. The van der Waals surface area contributed by atoms with Gasteiger partial charge in [-0.05, 0) is 34.7 Å². The van der Waals surface area contributed by atoms with Gasteiger partial charge >= 0.3 is 0 Å². The summed E-state index contributed by atoms with van der Waals surface area (Å²) in [4.78, 5) is 9.30. The van der Waals surface area contributed by atoms with Gasteiger partial charge in [0.25, 0.3) is 0 Å². The highest BCUT2D eigenvalue weighted by Crippen LogP contribution is 2.40. The van der Waals surface area contributed by atoms with E-state index >= 15 is 0 Å². The fraction of sp³-hybridized carbons (Fsp3) is 0.0476. The van der Waals surface area contributed by atoms with E-state index in [1.165, 1.54) is 11.1 Å². The predicted molar refractivity (Wildman–Crippen MR) is 101 cm³/mol. The number of rotatable bonds is 3. The maximum absolute atomic E-state index is 5.19. The van der Waals surface area contributed by atoms with E-state index in [1.54, 1.807) is 11.8 Å². The van der Waals surface area contributed by atoms with E-state index in [4.69, 9.17) is 4.99 Å². The topological polar surface area (TPSA) is 25.2 Å². The summed E-state index contributed by atoms with van der Waals surface area (Å²) in [5, 5.41) is 3.15. The summed E-state index contributed by atoms with van der Waals surface area (Å²) >= 11 is 1.65. The normalized spacial score (nSPS) is 15.8. The monoisotopic (exact) mass is 328 g/mol. The van der Waals surface area contributed by atoms with Crippen LogP contribution in [0.5, 0.6) is 0 Å². The van der Waals surface area contributed by atoms with E-state index in [0.717, 1.165) is 10.6 Å². The van der Waals surface area contributed by atoms with Crippen LogP contribution in [0.25, 0.3) is 0 Å². The van der Waals surface area contributed by atoms with Crippen molar-refractivity contribution < 1.29 is 0 Å². The van der Waals surface area contributed by atoms with Crippen molar-refractivity contribution in [3.63, 3.8) is 0 Å². The summed E-state index contributed by atoms with van der Waals surface area (Å²) < 4.78 is 0. The molecular formula is C21H16N2S. The number of benzene rings is 2. The van der Waals surface area contributed by atoms with Crippen LogP contribution in [0.1, 0.15) is 16.7 Å². The summed E-state index contributed by atoms with van der Waals surface area (Å²) in [6.07, 6.45) is 5.81. The molecule has 1 aliphatic rings. The van der Waals surface area contributed by atoms with Crippen LogP contribution < -0.4 is 0 Å². The highest BCUT2D eigenvalue weighted by molar-refractivity contribution is 8.16. The molecule has 0 radical (unpaired) electrons. The van der Waals surface area contributed by atoms with Crippen LogP contribution in [-0.2, 0) is 5.54 Å². The van der Waals surface area contributed by atoms with E-state index in [9.17, 15) is 0 Å². The summed E-state index contributed by atoms with van der Waals surface area (Å²) in [5.74, 6) is 0. The molecule has 0 aliphatic carbocycles. The first-order chi connectivity index (χ1) is 11.9. The fourth-order valence-corrected chi connectivity index (χ4v) is 3.78. The van der Waals surface area contributed by atoms with E-state index in [2.05, 4.69) is 65.0 Å². The van der Waals surface area contributed by atoms with Crippen LogP contribution in [0.15, 0.2) is 102 Å². The average Bonchev–Trinajstić information content (AvgIpc) is 2.70. The van der Waals surface area contributed by atoms with Crippen LogP contribution >= 0.6 is 11.8 Å². The Morgan fingerprint density at radius 1 is 0.708 bits per heavy atom. The molecule has 1 aliphatic heterocycles. The van der Waals surface area contributed by atoms with E-state index in [0.29, 0.717) is 0 Å². The van der Waals surface area contributed by atoms with Crippen LogP contribution in [0.3, 0.4) is 0 Å². The Balaban J connectivity index is 1.92. The van der Waals surface area contributed by atoms with Gasteiger partial charge in [0.15, 0.2) is 0 Å². The van der Waals surface area contributed by atoms with Gasteiger partial charge in [-0.2, -0.15) is 0 Å². The SMILES string of the molecule is C1=CC(c2ccccc2)(c2ccccc2)N=C(c2ccncc2)S1. The molecule has 0 N–H and O–H groups in total. The van der Waals surface area contributed by atoms with Crippen molar-refractivity contribution >= 4 is 16.8 Å². The van der Waals surface area contributed by atoms with E-state index < -0.39 is 5.54 Å². The van der Waals surface area contributed by atoms with Gasteiger partial charge in [0.05, 0.1) is 0 Å². The first kappa shape index (κ1) is 14.9. The third-order valence-corrected chi connectivity index (χ3v) is 4.94. The van der Waals surface area contributed by atoms with Gasteiger partial charge < -0.3 is 0 Å². The lowest BCUT2D eigenvalue weighted by Gasteiger charge is -2.31. The Morgan fingerprint density at radius 3 is 1.88 bits per heavy atom. The summed E-state index contributed by atoms with van der Waals surface area (Å²) in [7, 11) is 0. The van der Waals surface area contributed by atoms with E-state index in [1.807, 2.05) is 36.7 Å². The largest absolute Gasteiger partial charge is 0.265 e. The number of aliphatic imine (C=N–C) groups is 1. The molecule has 2 aromatic carbocycles. The van der Waals surface area contributed by atoms with Crippen LogP contribution in [0.2, 0.25) is 0 Å². The standard InChI is InChI=1S/C21H16N2S/c1-3-7-18(8-4-1)21(19-9-5-2-6-10-19)13-16-24-20(23-21)17-11-14-22-15-12-17/h1-16H. The molecule has 0 saturated carbocycles. The molecule has 116 valence electrons. The van der Waals surface area contributed by atoms with Gasteiger partial charge in [0.2, 0.25) is 0 Å². The molecule has 0 fully saturated rings. The smallest absolute Gasteiger partial charge is 0.131 e. The maximum Gasteiger partial charge on any atom is 0.131 e. The molecule has 4 rings (SSSR count). The third-order valence-electron chi connectivity index (χ3n) is 4.12. The molecule has 0 bridgehead atoms. The Hall–Kier alpha value is -2.65. The predicted octanol–water partition coefficient (Wildman–Crippen LogP) is 5.03. The molecule has 0 amide bonds. The van der Waals surface area contributed by atoms with Crippen LogP contribution in [0.4, 0.5) is 0 Å². The molecule has 0 unspecified atom stereocenters. The minimum absolute atomic E-state index is 0.494. The Kier molecular flexibility index (Phi) is 4.01. The first-order valence-electron chi connectivity index (χ1n) is 7.84. The highest BCUT2D eigenvalue weighted by Gasteiger charge is 2.33. The zero-order valence-corrected chi connectivity index (χ0v) is 13.9. The van der Waals surface area contributed by atoms with Crippen molar-refractivity contribution in [1.29, 1.82) is 0 Å². The minimum Gasteiger partial charge on any atom is -0.265 e. The Bertz CT molecular complexity index is 832. The molecule has 3 heteroatoms. The summed E-state index contributed by atoms with van der Waals surface area (Å²) in [5.41, 5.74) is 2.93. The van der Waals surface area contributed by atoms with Crippen molar-refractivity contribution in [2.24, 2.45) is 4.99 Å². The number of pyridine rings is 1. The molecule has 0 spiro atoms. The summed E-state index contributed by atoms with van der Waals surface area (Å²) in [6, 6.07) is 24.9. The van der Waals surface area contributed by atoms with Gasteiger partial charge in [0.1, 0.15) is 10.6 Å². The second kappa shape index (κ2) is 6.46. The van der Waals surface area contributed by atoms with Crippen molar-refractivity contribution in [2.45, 2.75) is 5.54 Å². The lowest BCUT2D eigenvalue weighted by atomic mass is 9.83. The fourth-order valence-electron chi connectivity index (χ4n) is 2.92. The molecule has 3 aromatic rings. The summed E-state index contributed by atoms with van der Waals surface area (Å²) in [6.45, 7) is 0. The molecular weight excluding hydrogens is 312 g/mol. The lowest BCUT2D eigenvalue weighted by molar-refractivity contribution is 0.687. The maximum atomic E-state index is 5.19. The molecule has 2 heterocycles. The number of hydrogen-bond donors (Lipinski definition) is 0. The van der Waals surface area contributed by atoms with Gasteiger partial charge in [-0.3, -0.25) is 9.98 Å². The molecule has 0 atom stereocenters. The van der Waals surface area contributed by atoms with Crippen molar-refractivity contribution in [2.75, 3.05) is 0 Å². The quantitative estimate of drug-likeness (QED) is 0.673. The van der Waals surface area contributed by atoms with Crippen LogP contribution in [-0.4, -0.2) is 10.0 Å². The molecule has 24 heavy (non-hydrogen) atoms.